The smallest absolute Gasteiger partial charge is 0.104 e. The van der Waals surface area contributed by atoms with Crippen molar-refractivity contribution in [1.82, 2.24) is 15.3 Å². The second kappa shape index (κ2) is 4.63. The summed E-state index contributed by atoms with van der Waals surface area (Å²) < 4.78 is 0. The van der Waals surface area contributed by atoms with E-state index in [2.05, 4.69) is 15.3 Å². The van der Waals surface area contributed by atoms with Crippen molar-refractivity contribution < 1.29 is 5.11 Å². The Balaban J connectivity index is 2.24. The molecule has 1 aromatic heterocycles. The van der Waals surface area contributed by atoms with E-state index in [0.29, 0.717) is 0 Å². The Hall–Kier alpha value is -1.39. The summed E-state index contributed by atoms with van der Waals surface area (Å²) in [5.74, 6) is 0.900. The van der Waals surface area contributed by atoms with Crippen molar-refractivity contribution >= 4 is 11.0 Å². The molecule has 0 radical (unpaired) electrons. The average molecular weight is 219 g/mol. The predicted octanol–water partition coefficient (Wildman–Crippen LogP) is 1.51. The van der Waals surface area contributed by atoms with Crippen LogP contribution in [0, 0.1) is 6.92 Å². The zero-order valence-corrected chi connectivity index (χ0v) is 9.62. The Morgan fingerprint density at radius 3 is 3.06 bits per heavy atom. The Kier molecular flexibility index (Phi) is 3.22. The number of benzene rings is 1. The molecular weight excluding hydrogens is 202 g/mol. The van der Waals surface area contributed by atoms with Gasteiger partial charge in [-0.25, -0.2) is 4.98 Å². The van der Waals surface area contributed by atoms with E-state index < -0.39 is 6.10 Å². The Morgan fingerprint density at radius 2 is 2.31 bits per heavy atom. The fraction of sp³-hybridized carbons (Fsp3) is 0.417. The molecule has 4 heteroatoms. The lowest BCUT2D eigenvalue weighted by Gasteiger charge is -2.10. The predicted molar refractivity (Wildman–Crippen MR) is 64.3 cm³/mol. The first-order chi connectivity index (χ1) is 7.70. The van der Waals surface area contributed by atoms with Crippen molar-refractivity contribution in [3.8, 4) is 0 Å². The number of aromatic amines is 1. The number of nitrogens with one attached hydrogen (secondary N) is 2. The number of rotatable bonds is 4. The Bertz CT molecular complexity index is 478. The summed E-state index contributed by atoms with van der Waals surface area (Å²) in [6, 6.07) is 5.84. The molecule has 2 rings (SSSR count). The van der Waals surface area contributed by atoms with Crippen LogP contribution < -0.4 is 5.32 Å². The van der Waals surface area contributed by atoms with E-state index in [1.807, 2.05) is 32.2 Å². The van der Waals surface area contributed by atoms with Gasteiger partial charge in [0.1, 0.15) is 5.82 Å². The molecule has 0 amide bonds. The van der Waals surface area contributed by atoms with Gasteiger partial charge in [0.25, 0.3) is 0 Å². The van der Waals surface area contributed by atoms with Crippen molar-refractivity contribution in [2.75, 3.05) is 13.6 Å². The van der Waals surface area contributed by atoms with E-state index in [0.717, 1.165) is 35.4 Å². The molecule has 0 aliphatic heterocycles. The van der Waals surface area contributed by atoms with Crippen LogP contribution in [-0.4, -0.2) is 28.7 Å². The summed E-state index contributed by atoms with van der Waals surface area (Å²) in [6.45, 7) is 2.73. The zero-order valence-electron chi connectivity index (χ0n) is 9.62. The van der Waals surface area contributed by atoms with E-state index in [1.54, 1.807) is 0 Å². The number of aliphatic hydroxyl groups excluding tert-OH is 1. The quantitative estimate of drug-likeness (QED) is 0.730. The molecule has 1 aromatic carbocycles. The standard InChI is InChI=1S/C12H17N3O/c1-8-14-10-4-3-9(7-11(10)15-8)12(16)5-6-13-2/h3-4,7,12-13,16H,5-6H2,1-2H3,(H,14,15). The van der Waals surface area contributed by atoms with Gasteiger partial charge < -0.3 is 15.4 Å². The highest BCUT2D eigenvalue weighted by molar-refractivity contribution is 5.75. The van der Waals surface area contributed by atoms with E-state index in [4.69, 9.17) is 0 Å². The van der Waals surface area contributed by atoms with Crippen LogP contribution in [0.25, 0.3) is 11.0 Å². The number of aromatic nitrogens is 2. The third-order valence-corrected chi connectivity index (χ3v) is 2.68. The summed E-state index contributed by atoms with van der Waals surface area (Å²) in [7, 11) is 1.88. The van der Waals surface area contributed by atoms with Crippen LogP contribution >= 0.6 is 0 Å². The Morgan fingerprint density at radius 1 is 1.50 bits per heavy atom. The number of imidazole rings is 1. The number of nitrogens with zero attached hydrogens (tertiary/aromatic N) is 1. The fourth-order valence-corrected chi connectivity index (χ4v) is 1.81. The minimum Gasteiger partial charge on any atom is -0.388 e. The van der Waals surface area contributed by atoms with Crippen molar-refractivity contribution in [2.45, 2.75) is 19.4 Å². The summed E-state index contributed by atoms with van der Waals surface area (Å²) in [4.78, 5) is 7.50. The number of hydrogen-bond acceptors (Lipinski definition) is 3. The molecule has 0 spiro atoms. The molecule has 3 N–H and O–H groups in total. The van der Waals surface area contributed by atoms with Gasteiger partial charge in [-0.1, -0.05) is 6.07 Å². The van der Waals surface area contributed by atoms with Crippen LogP contribution in [0.3, 0.4) is 0 Å². The van der Waals surface area contributed by atoms with Crippen LogP contribution in [0.15, 0.2) is 18.2 Å². The van der Waals surface area contributed by atoms with Gasteiger partial charge in [0.05, 0.1) is 17.1 Å². The first kappa shape index (κ1) is 11.1. The highest BCUT2D eigenvalue weighted by Gasteiger charge is 2.08. The summed E-state index contributed by atoms with van der Waals surface area (Å²) >= 11 is 0. The van der Waals surface area contributed by atoms with Gasteiger partial charge in [0.15, 0.2) is 0 Å². The van der Waals surface area contributed by atoms with E-state index in [1.165, 1.54) is 0 Å². The topological polar surface area (TPSA) is 60.9 Å². The molecule has 0 aliphatic rings. The molecule has 2 aromatic rings. The highest BCUT2D eigenvalue weighted by Crippen LogP contribution is 2.20. The third-order valence-electron chi connectivity index (χ3n) is 2.68. The van der Waals surface area contributed by atoms with Crippen LogP contribution in [0.1, 0.15) is 23.9 Å². The molecule has 86 valence electrons. The molecule has 16 heavy (non-hydrogen) atoms. The van der Waals surface area contributed by atoms with Gasteiger partial charge >= 0.3 is 0 Å². The molecule has 0 saturated carbocycles. The van der Waals surface area contributed by atoms with Gasteiger partial charge in [0.2, 0.25) is 0 Å². The number of fused-ring (bicyclic) bond motifs is 1. The minimum atomic E-state index is -0.416. The molecule has 4 nitrogen and oxygen atoms in total. The molecule has 0 saturated heterocycles. The van der Waals surface area contributed by atoms with Gasteiger partial charge in [-0.15, -0.1) is 0 Å². The molecule has 0 aliphatic carbocycles. The molecular formula is C12H17N3O. The Labute approximate surface area is 94.7 Å². The van der Waals surface area contributed by atoms with Gasteiger partial charge in [-0.3, -0.25) is 0 Å². The van der Waals surface area contributed by atoms with Crippen LogP contribution in [0.2, 0.25) is 0 Å². The van der Waals surface area contributed by atoms with E-state index >= 15 is 0 Å². The maximum Gasteiger partial charge on any atom is 0.104 e. The lowest BCUT2D eigenvalue weighted by molar-refractivity contribution is 0.168. The van der Waals surface area contributed by atoms with E-state index in [-0.39, 0.29) is 0 Å². The van der Waals surface area contributed by atoms with Gasteiger partial charge in [-0.2, -0.15) is 0 Å². The zero-order chi connectivity index (χ0) is 11.5. The number of aryl methyl sites for hydroxylation is 1. The second-order valence-corrected chi connectivity index (χ2v) is 4.01. The molecule has 1 unspecified atom stereocenters. The third kappa shape index (κ3) is 2.23. The van der Waals surface area contributed by atoms with Crippen molar-refractivity contribution in [3.63, 3.8) is 0 Å². The first-order valence-corrected chi connectivity index (χ1v) is 5.49. The van der Waals surface area contributed by atoms with Crippen LogP contribution in [0.4, 0.5) is 0 Å². The summed E-state index contributed by atoms with van der Waals surface area (Å²) in [6.07, 6.45) is 0.301. The van der Waals surface area contributed by atoms with Gasteiger partial charge in [0, 0.05) is 0 Å². The lowest BCUT2D eigenvalue weighted by atomic mass is 10.1. The largest absolute Gasteiger partial charge is 0.388 e. The molecule has 0 bridgehead atoms. The van der Waals surface area contributed by atoms with Crippen molar-refractivity contribution in [3.05, 3.63) is 29.6 Å². The molecule has 1 heterocycles. The second-order valence-electron chi connectivity index (χ2n) is 4.01. The maximum atomic E-state index is 9.94. The highest BCUT2D eigenvalue weighted by atomic mass is 16.3. The SMILES string of the molecule is CNCCC(O)c1ccc2nc(C)[nH]c2c1. The van der Waals surface area contributed by atoms with Gasteiger partial charge in [-0.05, 0) is 44.6 Å². The van der Waals surface area contributed by atoms with Crippen molar-refractivity contribution in [1.29, 1.82) is 0 Å². The summed E-state index contributed by atoms with van der Waals surface area (Å²) in [5, 5.41) is 13.0. The minimum absolute atomic E-state index is 0.416. The normalized spacial score (nSPS) is 13.2. The van der Waals surface area contributed by atoms with Crippen LogP contribution in [0.5, 0.6) is 0 Å². The van der Waals surface area contributed by atoms with E-state index in [9.17, 15) is 5.11 Å². The number of hydrogen-bond donors (Lipinski definition) is 3. The monoisotopic (exact) mass is 219 g/mol. The number of H-pyrrole nitrogens is 1. The molecule has 1 atom stereocenters. The number of aliphatic hydroxyl groups is 1. The fourth-order valence-electron chi connectivity index (χ4n) is 1.81. The summed E-state index contributed by atoms with van der Waals surface area (Å²) in [5.41, 5.74) is 2.87. The van der Waals surface area contributed by atoms with Crippen LogP contribution in [-0.2, 0) is 0 Å². The average Bonchev–Trinajstić information content (AvgIpc) is 2.64. The van der Waals surface area contributed by atoms with Crippen molar-refractivity contribution in [2.24, 2.45) is 0 Å². The maximum absolute atomic E-state index is 9.94. The molecule has 0 fully saturated rings. The lowest BCUT2D eigenvalue weighted by Crippen LogP contribution is -2.11. The first-order valence-electron chi connectivity index (χ1n) is 5.49.